The van der Waals surface area contributed by atoms with E-state index in [0.717, 1.165) is 25.7 Å². The normalized spacial score (nSPS) is 17.9. The number of carbonyl (C=O) groups is 1. The fourth-order valence-electron chi connectivity index (χ4n) is 2.33. The van der Waals surface area contributed by atoms with Crippen molar-refractivity contribution in [2.45, 2.75) is 44.9 Å². The Kier molecular flexibility index (Phi) is 3.95. The van der Waals surface area contributed by atoms with Gasteiger partial charge < -0.3 is 0 Å². The third-order valence-electron chi connectivity index (χ3n) is 3.30. The molecule has 1 aliphatic rings. The van der Waals surface area contributed by atoms with E-state index >= 15 is 0 Å². The summed E-state index contributed by atoms with van der Waals surface area (Å²) in [6, 6.07) is 2.12. The second kappa shape index (κ2) is 5.45. The molecular weight excluding hydrogens is 204 g/mol. The summed E-state index contributed by atoms with van der Waals surface area (Å²) in [7, 11) is 0. The Morgan fingerprint density at radius 2 is 2.13 bits per heavy atom. The van der Waals surface area contributed by atoms with Crippen LogP contribution in [0.2, 0.25) is 0 Å². The van der Waals surface area contributed by atoms with E-state index in [4.69, 9.17) is 0 Å². The van der Waals surface area contributed by atoms with Gasteiger partial charge in [-0.05, 0) is 41.7 Å². The van der Waals surface area contributed by atoms with E-state index in [-0.39, 0.29) is 0 Å². The van der Waals surface area contributed by atoms with E-state index in [0.29, 0.717) is 11.7 Å². The lowest BCUT2D eigenvalue weighted by Gasteiger charge is -2.19. The monoisotopic (exact) mass is 222 g/mol. The van der Waals surface area contributed by atoms with Crippen molar-refractivity contribution in [3.05, 3.63) is 22.4 Å². The van der Waals surface area contributed by atoms with Gasteiger partial charge in [0.25, 0.3) is 0 Å². The van der Waals surface area contributed by atoms with Crippen LogP contribution in [-0.2, 0) is 11.2 Å². The van der Waals surface area contributed by atoms with Crippen LogP contribution in [0.3, 0.4) is 0 Å². The van der Waals surface area contributed by atoms with Crippen molar-refractivity contribution in [2.24, 2.45) is 5.92 Å². The Morgan fingerprint density at radius 1 is 1.33 bits per heavy atom. The highest BCUT2D eigenvalue weighted by atomic mass is 32.1. The van der Waals surface area contributed by atoms with Crippen LogP contribution in [0.4, 0.5) is 0 Å². The highest BCUT2D eigenvalue weighted by Crippen LogP contribution is 2.25. The number of Topliss-reactive ketones (excluding diaryl/α,β-unsaturated/α-hetero) is 1. The highest BCUT2D eigenvalue weighted by molar-refractivity contribution is 7.07. The van der Waals surface area contributed by atoms with Gasteiger partial charge in [0.1, 0.15) is 5.78 Å². The first kappa shape index (κ1) is 10.9. The summed E-state index contributed by atoms with van der Waals surface area (Å²) in [6.45, 7) is 0. The van der Waals surface area contributed by atoms with Gasteiger partial charge in [-0.2, -0.15) is 11.3 Å². The molecule has 0 bridgehead atoms. The van der Waals surface area contributed by atoms with Crippen molar-refractivity contribution >= 4 is 17.1 Å². The van der Waals surface area contributed by atoms with Gasteiger partial charge in [0, 0.05) is 12.3 Å². The van der Waals surface area contributed by atoms with Gasteiger partial charge in [0.05, 0.1) is 0 Å². The fourth-order valence-corrected chi connectivity index (χ4v) is 3.03. The molecule has 1 fully saturated rings. The second-order valence-electron chi connectivity index (χ2n) is 4.43. The average Bonchev–Trinajstić information content (AvgIpc) is 2.80. The van der Waals surface area contributed by atoms with Crippen LogP contribution in [-0.4, -0.2) is 5.78 Å². The molecule has 1 aromatic rings. The van der Waals surface area contributed by atoms with Crippen LogP contribution in [0, 0.1) is 5.92 Å². The van der Waals surface area contributed by atoms with Gasteiger partial charge in [-0.3, -0.25) is 4.79 Å². The quantitative estimate of drug-likeness (QED) is 0.756. The lowest BCUT2D eigenvalue weighted by Crippen LogP contribution is -2.17. The van der Waals surface area contributed by atoms with Crippen molar-refractivity contribution in [1.29, 1.82) is 0 Å². The van der Waals surface area contributed by atoms with E-state index in [1.54, 1.807) is 11.3 Å². The molecule has 1 aliphatic carbocycles. The zero-order valence-corrected chi connectivity index (χ0v) is 9.89. The third kappa shape index (κ3) is 3.16. The molecule has 1 saturated carbocycles. The minimum Gasteiger partial charge on any atom is -0.299 e. The SMILES string of the molecule is O=C(CCc1ccsc1)C1CCCCC1. The van der Waals surface area contributed by atoms with Gasteiger partial charge >= 0.3 is 0 Å². The maximum absolute atomic E-state index is 11.9. The molecule has 0 radical (unpaired) electrons. The molecule has 0 unspecified atom stereocenters. The lowest BCUT2D eigenvalue weighted by molar-refractivity contribution is -0.123. The molecule has 2 heteroatoms. The molecule has 0 atom stereocenters. The van der Waals surface area contributed by atoms with E-state index in [1.807, 2.05) is 0 Å². The Balaban J connectivity index is 1.76. The van der Waals surface area contributed by atoms with Crippen LogP contribution in [0.15, 0.2) is 16.8 Å². The molecule has 0 amide bonds. The zero-order valence-electron chi connectivity index (χ0n) is 9.08. The summed E-state index contributed by atoms with van der Waals surface area (Å²) in [6.07, 6.45) is 7.82. The molecular formula is C13H18OS. The molecule has 1 nitrogen and oxygen atoms in total. The molecule has 0 N–H and O–H groups in total. The Bertz CT molecular complexity index is 296. The summed E-state index contributed by atoms with van der Waals surface area (Å²) in [4.78, 5) is 11.9. The summed E-state index contributed by atoms with van der Waals surface area (Å²) in [5.74, 6) is 0.887. The zero-order chi connectivity index (χ0) is 10.5. The number of rotatable bonds is 4. The van der Waals surface area contributed by atoms with Gasteiger partial charge in [-0.25, -0.2) is 0 Å². The number of ketones is 1. The van der Waals surface area contributed by atoms with Crippen LogP contribution in [0.5, 0.6) is 0 Å². The first-order valence-electron chi connectivity index (χ1n) is 5.90. The second-order valence-corrected chi connectivity index (χ2v) is 5.21. The minimum atomic E-state index is 0.386. The summed E-state index contributed by atoms with van der Waals surface area (Å²) >= 11 is 1.72. The fraction of sp³-hybridized carbons (Fsp3) is 0.615. The molecule has 1 aromatic heterocycles. The average molecular weight is 222 g/mol. The minimum absolute atomic E-state index is 0.386. The number of thiophene rings is 1. The van der Waals surface area contributed by atoms with Crippen molar-refractivity contribution in [3.63, 3.8) is 0 Å². The smallest absolute Gasteiger partial charge is 0.136 e. The van der Waals surface area contributed by atoms with Gasteiger partial charge in [0.2, 0.25) is 0 Å². The van der Waals surface area contributed by atoms with Crippen molar-refractivity contribution in [1.82, 2.24) is 0 Å². The number of hydrogen-bond donors (Lipinski definition) is 0. The van der Waals surface area contributed by atoms with Crippen LogP contribution < -0.4 is 0 Å². The highest BCUT2D eigenvalue weighted by Gasteiger charge is 2.20. The molecule has 15 heavy (non-hydrogen) atoms. The Labute approximate surface area is 95.5 Å². The van der Waals surface area contributed by atoms with E-state index in [9.17, 15) is 4.79 Å². The van der Waals surface area contributed by atoms with E-state index in [1.165, 1.54) is 24.8 Å². The largest absolute Gasteiger partial charge is 0.299 e. The summed E-state index contributed by atoms with van der Waals surface area (Å²) in [5.41, 5.74) is 1.32. The van der Waals surface area contributed by atoms with Gasteiger partial charge in [-0.15, -0.1) is 0 Å². The van der Waals surface area contributed by atoms with Crippen LogP contribution in [0.1, 0.15) is 44.1 Å². The third-order valence-corrected chi connectivity index (χ3v) is 4.03. The molecule has 0 spiro atoms. The predicted octanol–water partition coefficient (Wildman–Crippen LogP) is 3.83. The maximum atomic E-state index is 11.9. The predicted molar refractivity (Wildman–Crippen MR) is 64.2 cm³/mol. The van der Waals surface area contributed by atoms with E-state index in [2.05, 4.69) is 16.8 Å². The summed E-state index contributed by atoms with van der Waals surface area (Å²) < 4.78 is 0. The maximum Gasteiger partial charge on any atom is 0.136 e. The van der Waals surface area contributed by atoms with E-state index < -0.39 is 0 Å². The van der Waals surface area contributed by atoms with Crippen LogP contribution >= 0.6 is 11.3 Å². The number of hydrogen-bond acceptors (Lipinski definition) is 2. The number of aryl methyl sites for hydroxylation is 1. The standard InChI is InChI=1S/C13H18OS/c14-13(12-4-2-1-3-5-12)7-6-11-8-9-15-10-11/h8-10,12H,1-7H2. The molecule has 1 heterocycles. The van der Waals surface area contributed by atoms with Gasteiger partial charge in [0.15, 0.2) is 0 Å². The van der Waals surface area contributed by atoms with Gasteiger partial charge in [-0.1, -0.05) is 19.3 Å². The van der Waals surface area contributed by atoms with Crippen molar-refractivity contribution in [3.8, 4) is 0 Å². The Morgan fingerprint density at radius 3 is 2.80 bits per heavy atom. The molecule has 0 aromatic carbocycles. The molecule has 0 aliphatic heterocycles. The topological polar surface area (TPSA) is 17.1 Å². The Hall–Kier alpha value is -0.630. The molecule has 0 saturated heterocycles. The number of carbonyl (C=O) groups excluding carboxylic acids is 1. The first-order valence-corrected chi connectivity index (χ1v) is 6.84. The van der Waals surface area contributed by atoms with Crippen molar-refractivity contribution < 1.29 is 4.79 Å². The first-order chi connectivity index (χ1) is 7.36. The summed E-state index contributed by atoms with van der Waals surface area (Å²) in [5, 5.41) is 4.23. The molecule has 82 valence electrons. The van der Waals surface area contributed by atoms with Crippen LogP contribution in [0.25, 0.3) is 0 Å². The molecule has 2 rings (SSSR count). The van der Waals surface area contributed by atoms with Crippen molar-refractivity contribution in [2.75, 3.05) is 0 Å². The lowest BCUT2D eigenvalue weighted by atomic mass is 9.84.